The summed E-state index contributed by atoms with van der Waals surface area (Å²) in [7, 11) is 0. The zero-order valence-corrected chi connectivity index (χ0v) is 10.2. The van der Waals surface area contributed by atoms with Crippen molar-refractivity contribution in [2.75, 3.05) is 11.9 Å². The molecule has 1 saturated heterocycles. The van der Waals surface area contributed by atoms with E-state index >= 15 is 0 Å². The number of piperidine rings is 1. The fraction of sp³-hybridized carbons (Fsp3) is 0.778. The van der Waals surface area contributed by atoms with Crippen LogP contribution in [0.5, 0.6) is 0 Å². The SMILES string of the molecule is CC1(C)CCCNC1C(=O)Nc1nnns1. The number of aromatic nitrogens is 3. The van der Waals surface area contributed by atoms with Gasteiger partial charge in [0.25, 0.3) is 0 Å². The van der Waals surface area contributed by atoms with Crippen LogP contribution in [-0.4, -0.2) is 33.3 Å². The van der Waals surface area contributed by atoms with Gasteiger partial charge < -0.3 is 5.32 Å². The molecular weight excluding hydrogens is 226 g/mol. The van der Waals surface area contributed by atoms with Crippen LogP contribution >= 0.6 is 11.5 Å². The molecule has 1 atom stereocenters. The van der Waals surface area contributed by atoms with E-state index in [1.54, 1.807) is 0 Å². The third-order valence-electron chi connectivity index (χ3n) is 2.92. The average molecular weight is 241 g/mol. The first-order valence-corrected chi connectivity index (χ1v) is 6.06. The lowest BCUT2D eigenvalue weighted by Gasteiger charge is -2.37. The quantitative estimate of drug-likeness (QED) is 0.794. The normalized spacial score (nSPS) is 24.0. The molecule has 1 fully saturated rings. The average Bonchev–Trinajstić information content (AvgIpc) is 2.69. The number of rotatable bonds is 2. The summed E-state index contributed by atoms with van der Waals surface area (Å²) in [5, 5.41) is 13.6. The van der Waals surface area contributed by atoms with Crippen molar-refractivity contribution in [3.05, 3.63) is 0 Å². The van der Waals surface area contributed by atoms with Crippen molar-refractivity contribution in [1.82, 2.24) is 20.1 Å². The molecule has 0 radical (unpaired) electrons. The van der Waals surface area contributed by atoms with Crippen molar-refractivity contribution in [3.63, 3.8) is 0 Å². The van der Waals surface area contributed by atoms with E-state index in [1.807, 2.05) is 0 Å². The summed E-state index contributed by atoms with van der Waals surface area (Å²) in [5.41, 5.74) is -0.0273. The molecule has 2 heterocycles. The summed E-state index contributed by atoms with van der Waals surface area (Å²) in [6.45, 7) is 5.08. The van der Waals surface area contributed by atoms with E-state index in [4.69, 9.17) is 0 Å². The van der Waals surface area contributed by atoms with Crippen LogP contribution in [0.15, 0.2) is 0 Å². The molecule has 7 heteroatoms. The number of hydrogen-bond acceptors (Lipinski definition) is 6. The Labute approximate surface area is 98.0 Å². The molecule has 1 unspecified atom stereocenters. The van der Waals surface area contributed by atoms with Gasteiger partial charge >= 0.3 is 0 Å². The van der Waals surface area contributed by atoms with Gasteiger partial charge in [0.05, 0.1) is 6.04 Å². The van der Waals surface area contributed by atoms with Crippen molar-refractivity contribution in [1.29, 1.82) is 0 Å². The van der Waals surface area contributed by atoms with Gasteiger partial charge in [-0.3, -0.25) is 10.1 Å². The fourth-order valence-electron chi connectivity index (χ4n) is 2.02. The molecule has 0 aromatic carbocycles. The Hall–Kier alpha value is -1.08. The summed E-state index contributed by atoms with van der Waals surface area (Å²) in [4.78, 5) is 12.0. The highest BCUT2D eigenvalue weighted by Crippen LogP contribution is 2.30. The largest absolute Gasteiger partial charge is 0.305 e. The molecule has 1 amide bonds. The van der Waals surface area contributed by atoms with Crippen molar-refractivity contribution >= 4 is 22.6 Å². The number of carbonyl (C=O) groups excluding carboxylic acids is 1. The molecule has 1 aromatic heterocycles. The van der Waals surface area contributed by atoms with Gasteiger partial charge in [0, 0.05) is 11.5 Å². The number of hydrogen-bond donors (Lipinski definition) is 2. The minimum atomic E-state index is -0.176. The van der Waals surface area contributed by atoms with Crippen LogP contribution in [0.2, 0.25) is 0 Å². The third kappa shape index (κ3) is 2.35. The summed E-state index contributed by atoms with van der Waals surface area (Å²) >= 11 is 1.08. The third-order valence-corrected chi connectivity index (χ3v) is 3.43. The Morgan fingerprint density at radius 3 is 3.06 bits per heavy atom. The van der Waals surface area contributed by atoms with Crippen LogP contribution in [0, 0.1) is 5.41 Å². The molecule has 1 aliphatic rings. The zero-order chi connectivity index (χ0) is 11.6. The lowest BCUT2D eigenvalue weighted by atomic mass is 9.77. The maximum Gasteiger partial charge on any atom is 0.243 e. The second-order valence-corrected chi connectivity index (χ2v) is 5.37. The summed E-state index contributed by atoms with van der Waals surface area (Å²) in [5.74, 6) is -0.0525. The minimum absolute atomic E-state index is 0.0273. The lowest BCUT2D eigenvalue weighted by Crippen LogP contribution is -2.53. The molecule has 0 bridgehead atoms. The van der Waals surface area contributed by atoms with E-state index in [0.29, 0.717) is 5.13 Å². The predicted octanol–water partition coefficient (Wildman–Crippen LogP) is 0.650. The first kappa shape index (κ1) is 11.4. The molecule has 2 N–H and O–H groups in total. The molecule has 1 aromatic rings. The van der Waals surface area contributed by atoms with Gasteiger partial charge in [0.1, 0.15) is 0 Å². The minimum Gasteiger partial charge on any atom is -0.305 e. The van der Waals surface area contributed by atoms with Gasteiger partial charge in [-0.1, -0.05) is 23.4 Å². The second-order valence-electron chi connectivity index (χ2n) is 4.64. The number of anilines is 1. The van der Waals surface area contributed by atoms with Gasteiger partial charge in [-0.15, -0.1) is 0 Å². The van der Waals surface area contributed by atoms with Gasteiger partial charge in [-0.25, -0.2) is 0 Å². The highest BCUT2D eigenvalue weighted by atomic mass is 32.1. The van der Waals surface area contributed by atoms with Gasteiger partial charge in [0.2, 0.25) is 11.0 Å². The lowest BCUT2D eigenvalue weighted by molar-refractivity contribution is -0.121. The molecule has 6 nitrogen and oxygen atoms in total. The Balaban J connectivity index is 2.03. The van der Waals surface area contributed by atoms with Crippen LogP contribution in [0.1, 0.15) is 26.7 Å². The fourth-order valence-corrected chi connectivity index (χ4v) is 2.39. The molecular formula is C9H15N5OS. The van der Waals surface area contributed by atoms with E-state index in [-0.39, 0.29) is 17.4 Å². The van der Waals surface area contributed by atoms with E-state index in [1.165, 1.54) is 0 Å². The molecule has 88 valence electrons. The Morgan fingerprint density at radius 2 is 2.44 bits per heavy atom. The van der Waals surface area contributed by atoms with Crippen LogP contribution in [0.3, 0.4) is 0 Å². The van der Waals surface area contributed by atoms with Crippen molar-refractivity contribution in [2.24, 2.45) is 5.41 Å². The molecule has 1 aliphatic heterocycles. The summed E-state index contributed by atoms with van der Waals surface area (Å²) < 4.78 is 3.60. The Kier molecular flexibility index (Phi) is 3.15. The highest BCUT2D eigenvalue weighted by Gasteiger charge is 2.37. The summed E-state index contributed by atoms with van der Waals surface area (Å²) in [6.07, 6.45) is 2.16. The van der Waals surface area contributed by atoms with Crippen molar-refractivity contribution in [2.45, 2.75) is 32.7 Å². The Bertz CT molecular complexity index is 364. The zero-order valence-electron chi connectivity index (χ0n) is 9.36. The van der Waals surface area contributed by atoms with Crippen LogP contribution < -0.4 is 10.6 Å². The van der Waals surface area contributed by atoms with Crippen LogP contribution in [0.4, 0.5) is 5.13 Å². The molecule has 0 aliphatic carbocycles. The first-order chi connectivity index (χ1) is 7.59. The number of amides is 1. The molecule has 0 saturated carbocycles. The highest BCUT2D eigenvalue weighted by molar-refractivity contribution is 7.09. The van der Waals surface area contributed by atoms with E-state index < -0.39 is 0 Å². The van der Waals surface area contributed by atoms with E-state index in [0.717, 1.165) is 30.9 Å². The van der Waals surface area contributed by atoms with E-state index in [2.05, 4.69) is 39.3 Å². The molecule has 16 heavy (non-hydrogen) atoms. The second kappa shape index (κ2) is 4.42. The first-order valence-electron chi connectivity index (χ1n) is 5.29. The maximum atomic E-state index is 12.0. The van der Waals surface area contributed by atoms with E-state index in [9.17, 15) is 4.79 Å². The number of carbonyl (C=O) groups is 1. The smallest absolute Gasteiger partial charge is 0.243 e. The van der Waals surface area contributed by atoms with Crippen LogP contribution in [-0.2, 0) is 4.79 Å². The Morgan fingerprint density at radius 1 is 1.62 bits per heavy atom. The summed E-state index contributed by atoms with van der Waals surface area (Å²) in [6, 6.07) is -0.176. The van der Waals surface area contributed by atoms with Gasteiger partial charge in [-0.2, -0.15) is 0 Å². The molecule has 0 spiro atoms. The number of nitrogens with one attached hydrogen (secondary N) is 2. The van der Waals surface area contributed by atoms with Crippen LogP contribution in [0.25, 0.3) is 0 Å². The predicted molar refractivity (Wildman–Crippen MR) is 61.1 cm³/mol. The van der Waals surface area contributed by atoms with Gasteiger partial charge in [-0.05, 0) is 30.0 Å². The topological polar surface area (TPSA) is 79.8 Å². The standard InChI is InChI=1S/C9H15N5OS/c1-9(2)4-3-5-10-6(9)7(15)11-8-12-13-14-16-8/h6,10H,3-5H2,1-2H3,(H,11,12,14,15). The van der Waals surface area contributed by atoms with Crippen molar-refractivity contribution < 1.29 is 4.79 Å². The van der Waals surface area contributed by atoms with Gasteiger partial charge in [0.15, 0.2) is 0 Å². The van der Waals surface area contributed by atoms with Crippen molar-refractivity contribution in [3.8, 4) is 0 Å². The monoisotopic (exact) mass is 241 g/mol. The maximum absolute atomic E-state index is 12.0. The number of nitrogens with zero attached hydrogens (tertiary/aromatic N) is 3. The molecule has 2 rings (SSSR count).